The minimum Gasteiger partial charge on any atom is -0.376 e. The van der Waals surface area contributed by atoms with Crippen LogP contribution in [0.2, 0.25) is 0 Å². The van der Waals surface area contributed by atoms with Crippen molar-refractivity contribution in [1.82, 2.24) is 19.7 Å². The fraction of sp³-hybridized carbons (Fsp3) is 0.524. The predicted octanol–water partition coefficient (Wildman–Crippen LogP) is 2.26. The summed E-state index contributed by atoms with van der Waals surface area (Å²) in [7, 11) is -3.18. The van der Waals surface area contributed by atoms with Crippen LogP contribution in [0.15, 0.2) is 24.4 Å². The molecule has 1 atom stereocenters. The van der Waals surface area contributed by atoms with E-state index in [1.165, 1.54) is 6.42 Å². The molecule has 7 nitrogen and oxygen atoms in total. The first-order valence-electron chi connectivity index (χ1n) is 10.1. The normalized spacial score (nSPS) is 19.6. The highest BCUT2D eigenvalue weighted by Crippen LogP contribution is 2.27. The van der Waals surface area contributed by atoms with Crippen LogP contribution in [0.4, 0.5) is 0 Å². The topological polar surface area (TPSA) is 86.1 Å². The summed E-state index contributed by atoms with van der Waals surface area (Å²) < 4.78 is 33.7. The standard InChI is InChI=1S/C21H26N4O3S/c1-16-13-17(5-4-11-22-29(26,27)19-8-9-19)7-10-20(16)21-15-25(24-23-21)14-18-6-2-3-12-28-18/h7,10,13,15,18-19,22H,2-3,6,8-9,11-12,14H2,1H3. The average Bonchev–Trinajstić information content (AvgIpc) is 3.48. The number of hydrogen-bond acceptors (Lipinski definition) is 5. The van der Waals surface area contributed by atoms with Gasteiger partial charge in [-0.1, -0.05) is 23.1 Å². The average molecular weight is 415 g/mol. The summed E-state index contributed by atoms with van der Waals surface area (Å²) in [6.45, 7) is 3.71. The van der Waals surface area contributed by atoms with Gasteiger partial charge in [0.1, 0.15) is 5.69 Å². The zero-order chi connectivity index (χ0) is 20.3. The highest BCUT2D eigenvalue weighted by molar-refractivity contribution is 7.90. The first-order chi connectivity index (χ1) is 14.0. The lowest BCUT2D eigenvalue weighted by atomic mass is 10.0. The van der Waals surface area contributed by atoms with Crippen molar-refractivity contribution in [3.05, 3.63) is 35.5 Å². The number of sulfonamides is 1. The molecular weight excluding hydrogens is 388 g/mol. The van der Waals surface area contributed by atoms with Crippen LogP contribution < -0.4 is 4.72 Å². The Morgan fingerprint density at radius 3 is 2.86 bits per heavy atom. The lowest BCUT2D eigenvalue weighted by Crippen LogP contribution is -2.27. The number of rotatable bonds is 6. The van der Waals surface area contributed by atoms with Crippen LogP contribution in [0.5, 0.6) is 0 Å². The monoisotopic (exact) mass is 414 g/mol. The molecule has 154 valence electrons. The molecule has 29 heavy (non-hydrogen) atoms. The molecule has 0 amide bonds. The van der Waals surface area contributed by atoms with E-state index in [1.54, 1.807) is 0 Å². The Morgan fingerprint density at radius 2 is 2.14 bits per heavy atom. The summed E-state index contributed by atoms with van der Waals surface area (Å²) in [5, 5.41) is 8.34. The number of aryl methyl sites for hydroxylation is 1. The molecule has 1 aliphatic heterocycles. The molecule has 2 heterocycles. The number of nitrogens with zero attached hydrogens (tertiary/aromatic N) is 3. The van der Waals surface area contributed by atoms with Gasteiger partial charge in [-0.25, -0.2) is 17.8 Å². The van der Waals surface area contributed by atoms with Gasteiger partial charge in [0.05, 0.1) is 30.6 Å². The molecule has 2 aliphatic rings. The second-order valence-corrected chi connectivity index (χ2v) is 9.76. The Bertz CT molecular complexity index is 1030. The molecule has 1 saturated heterocycles. The summed E-state index contributed by atoms with van der Waals surface area (Å²) in [6.07, 6.45) is 7.09. The fourth-order valence-corrected chi connectivity index (χ4v) is 4.74. The van der Waals surface area contributed by atoms with Gasteiger partial charge in [-0.05, 0) is 56.7 Å². The van der Waals surface area contributed by atoms with Gasteiger partial charge >= 0.3 is 0 Å². The lowest BCUT2D eigenvalue weighted by molar-refractivity contribution is 0.00370. The molecule has 2 fully saturated rings. The van der Waals surface area contributed by atoms with Crippen molar-refractivity contribution >= 4 is 10.0 Å². The smallest absolute Gasteiger partial charge is 0.215 e. The summed E-state index contributed by atoms with van der Waals surface area (Å²) >= 11 is 0. The lowest BCUT2D eigenvalue weighted by Gasteiger charge is -2.21. The van der Waals surface area contributed by atoms with Gasteiger partial charge in [-0.15, -0.1) is 5.10 Å². The number of nitrogens with one attached hydrogen (secondary N) is 1. The number of aromatic nitrogens is 3. The van der Waals surface area contributed by atoms with Gasteiger partial charge < -0.3 is 4.74 Å². The maximum Gasteiger partial charge on any atom is 0.215 e. The van der Waals surface area contributed by atoms with Crippen LogP contribution in [0, 0.1) is 18.8 Å². The fourth-order valence-electron chi connectivity index (χ4n) is 3.48. The van der Waals surface area contributed by atoms with Gasteiger partial charge in [0.2, 0.25) is 10.0 Å². The van der Waals surface area contributed by atoms with E-state index in [0.717, 1.165) is 61.2 Å². The molecule has 4 rings (SSSR count). The maximum absolute atomic E-state index is 11.8. The summed E-state index contributed by atoms with van der Waals surface area (Å²) in [6, 6.07) is 5.90. The van der Waals surface area contributed by atoms with E-state index >= 15 is 0 Å². The maximum atomic E-state index is 11.8. The number of hydrogen-bond donors (Lipinski definition) is 1. The molecule has 2 aromatic rings. The quantitative estimate of drug-likeness (QED) is 0.733. The van der Waals surface area contributed by atoms with E-state index in [-0.39, 0.29) is 17.9 Å². The van der Waals surface area contributed by atoms with Gasteiger partial charge in [0.25, 0.3) is 0 Å². The molecule has 0 spiro atoms. The Morgan fingerprint density at radius 1 is 1.28 bits per heavy atom. The van der Waals surface area contributed by atoms with E-state index in [1.807, 2.05) is 36.0 Å². The minimum atomic E-state index is -3.18. The highest BCUT2D eigenvalue weighted by atomic mass is 32.2. The van der Waals surface area contributed by atoms with Gasteiger partial charge in [0.15, 0.2) is 0 Å². The van der Waals surface area contributed by atoms with Crippen LogP contribution >= 0.6 is 0 Å². The van der Waals surface area contributed by atoms with E-state index in [2.05, 4.69) is 26.9 Å². The first-order valence-corrected chi connectivity index (χ1v) is 11.7. The number of benzene rings is 1. The van der Waals surface area contributed by atoms with Crippen molar-refractivity contribution in [2.45, 2.75) is 56.9 Å². The third-order valence-corrected chi connectivity index (χ3v) is 7.16. The highest BCUT2D eigenvalue weighted by Gasteiger charge is 2.35. The second kappa shape index (κ2) is 8.66. The van der Waals surface area contributed by atoms with E-state index in [9.17, 15) is 8.42 Å². The van der Waals surface area contributed by atoms with E-state index in [0.29, 0.717) is 0 Å². The molecule has 1 aromatic heterocycles. The SMILES string of the molecule is Cc1cc(C#CCNS(=O)(=O)C2CC2)ccc1-c1cn(CC2CCCCO2)nn1. The summed E-state index contributed by atoms with van der Waals surface area (Å²) in [5.41, 5.74) is 3.74. The molecular formula is C21H26N4O3S. The molecule has 0 radical (unpaired) electrons. The minimum absolute atomic E-state index is 0.136. The Kier molecular flexibility index (Phi) is 5.99. The van der Waals surface area contributed by atoms with E-state index in [4.69, 9.17) is 4.74 Å². The van der Waals surface area contributed by atoms with Crippen molar-refractivity contribution in [1.29, 1.82) is 0 Å². The van der Waals surface area contributed by atoms with Crippen molar-refractivity contribution in [3.8, 4) is 23.1 Å². The Labute approximate surface area is 171 Å². The summed E-state index contributed by atoms with van der Waals surface area (Å²) in [5.74, 6) is 5.91. The zero-order valence-corrected chi connectivity index (χ0v) is 17.4. The molecule has 1 N–H and O–H groups in total. The third kappa shape index (κ3) is 5.24. The number of ether oxygens (including phenoxy) is 1. The van der Waals surface area contributed by atoms with Crippen LogP contribution in [-0.2, 0) is 21.3 Å². The van der Waals surface area contributed by atoms with E-state index < -0.39 is 10.0 Å². The predicted molar refractivity (Wildman–Crippen MR) is 111 cm³/mol. The van der Waals surface area contributed by atoms with Crippen molar-refractivity contribution in [2.75, 3.05) is 13.2 Å². The first kappa shape index (κ1) is 20.1. The molecule has 1 aromatic carbocycles. The third-order valence-electron chi connectivity index (χ3n) is 5.26. The second-order valence-electron chi connectivity index (χ2n) is 7.71. The molecule has 1 saturated carbocycles. The van der Waals surface area contributed by atoms with Gasteiger partial charge in [-0.3, -0.25) is 0 Å². The molecule has 8 heteroatoms. The van der Waals surface area contributed by atoms with Crippen LogP contribution in [0.25, 0.3) is 11.3 Å². The molecule has 1 unspecified atom stereocenters. The molecule has 1 aliphatic carbocycles. The van der Waals surface area contributed by atoms with Crippen LogP contribution in [-0.4, -0.2) is 47.9 Å². The van der Waals surface area contributed by atoms with Crippen molar-refractivity contribution in [2.24, 2.45) is 0 Å². The van der Waals surface area contributed by atoms with Crippen LogP contribution in [0.1, 0.15) is 43.2 Å². The zero-order valence-electron chi connectivity index (χ0n) is 16.6. The Hall–Kier alpha value is -2.21. The van der Waals surface area contributed by atoms with Crippen LogP contribution in [0.3, 0.4) is 0 Å². The largest absolute Gasteiger partial charge is 0.376 e. The summed E-state index contributed by atoms with van der Waals surface area (Å²) in [4.78, 5) is 0. The van der Waals surface area contributed by atoms with Crippen molar-refractivity contribution in [3.63, 3.8) is 0 Å². The van der Waals surface area contributed by atoms with Gasteiger partial charge in [-0.2, -0.15) is 0 Å². The molecule has 0 bridgehead atoms. The Balaban J connectivity index is 1.38. The van der Waals surface area contributed by atoms with Gasteiger partial charge in [0, 0.05) is 17.7 Å². The van der Waals surface area contributed by atoms with Crippen molar-refractivity contribution < 1.29 is 13.2 Å².